The molecule has 0 radical (unpaired) electrons. The van der Waals surface area contributed by atoms with Crippen molar-refractivity contribution in [1.29, 1.82) is 0 Å². The third-order valence-electron chi connectivity index (χ3n) is 4.33. The molecule has 0 aliphatic carbocycles. The van der Waals surface area contributed by atoms with Gasteiger partial charge in [0.05, 0.1) is 23.8 Å². The Kier molecular flexibility index (Phi) is 5.38. The van der Waals surface area contributed by atoms with Gasteiger partial charge in [-0.15, -0.1) is 0 Å². The van der Waals surface area contributed by atoms with Gasteiger partial charge in [0.15, 0.2) is 0 Å². The molecule has 1 fully saturated rings. The lowest BCUT2D eigenvalue weighted by Gasteiger charge is -2.32. The van der Waals surface area contributed by atoms with Crippen molar-refractivity contribution in [3.63, 3.8) is 0 Å². The van der Waals surface area contributed by atoms with E-state index >= 15 is 0 Å². The molecule has 7 heteroatoms. The van der Waals surface area contributed by atoms with Crippen LogP contribution in [0.4, 0.5) is 0 Å². The molecule has 0 aromatic carbocycles. The summed E-state index contributed by atoms with van der Waals surface area (Å²) in [6.45, 7) is 10.4. The molecule has 3 heterocycles. The maximum Gasteiger partial charge on any atom is 0.272 e. The summed E-state index contributed by atoms with van der Waals surface area (Å²) in [5.41, 5.74) is 2.67. The van der Waals surface area contributed by atoms with E-state index < -0.39 is 0 Å². The lowest BCUT2D eigenvalue weighted by atomic mass is 10.2. The largest absolute Gasteiger partial charge is 0.335 e. The molecule has 134 valence electrons. The lowest BCUT2D eigenvalue weighted by molar-refractivity contribution is 0.0658. The Balaban J connectivity index is 1.82. The van der Waals surface area contributed by atoms with Gasteiger partial charge in [0, 0.05) is 37.9 Å². The Labute approximate surface area is 153 Å². The fraction of sp³-hybridized carbons (Fsp3) is 0.263. The molecule has 1 aliphatic rings. The number of pyridine rings is 1. The zero-order valence-electron chi connectivity index (χ0n) is 14.9. The Bertz CT molecular complexity index is 845. The lowest BCUT2D eigenvalue weighted by Crippen LogP contribution is -2.47. The monoisotopic (exact) mass is 350 g/mol. The number of piperazine rings is 1. The molecule has 1 saturated heterocycles. The van der Waals surface area contributed by atoms with E-state index in [9.17, 15) is 4.79 Å². The minimum atomic E-state index is -0.0325. The molecule has 1 aliphatic heterocycles. The van der Waals surface area contributed by atoms with E-state index in [1.165, 1.54) is 0 Å². The molecular formula is C19H22N6O. The van der Waals surface area contributed by atoms with Gasteiger partial charge in [0.2, 0.25) is 0 Å². The third kappa shape index (κ3) is 3.78. The van der Waals surface area contributed by atoms with Crippen molar-refractivity contribution in [2.45, 2.75) is 0 Å². The molecule has 0 atom stereocenters. The molecular weight excluding hydrogens is 328 g/mol. The van der Waals surface area contributed by atoms with Crippen LogP contribution >= 0.6 is 0 Å². The summed E-state index contributed by atoms with van der Waals surface area (Å²) in [5.74, 6) is -0.0325. The van der Waals surface area contributed by atoms with Gasteiger partial charge in [-0.2, -0.15) is 5.10 Å². The van der Waals surface area contributed by atoms with Crippen molar-refractivity contribution in [1.82, 2.24) is 24.6 Å². The second kappa shape index (κ2) is 7.88. The average Bonchev–Trinajstić information content (AvgIpc) is 3.16. The van der Waals surface area contributed by atoms with Crippen LogP contribution in [0.5, 0.6) is 0 Å². The van der Waals surface area contributed by atoms with Crippen molar-refractivity contribution < 1.29 is 4.79 Å². The Morgan fingerprint density at radius 2 is 2.04 bits per heavy atom. The van der Waals surface area contributed by atoms with Gasteiger partial charge in [-0.3, -0.25) is 9.79 Å². The Morgan fingerprint density at radius 1 is 1.27 bits per heavy atom. The van der Waals surface area contributed by atoms with E-state index in [2.05, 4.69) is 40.3 Å². The van der Waals surface area contributed by atoms with Crippen LogP contribution in [0.15, 0.2) is 54.4 Å². The number of nitrogens with zero attached hydrogens (tertiary/aromatic N) is 6. The number of rotatable bonds is 5. The van der Waals surface area contributed by atoms with Crippen LogP contribution in [0.25, 0.3) is 17.0 Å². The van der Waals surface area contributed by atoms with Crippen molar-refractivity contribution in [3.8, 4) is 11.3 Å². The van der Waals surface area contributed by atoms with Crippen LogP contribution in [0.3, 0.4) is 0 Å². The van der Waals surface area contributed by atoms with Crippen molar-refractivity contribution in [2.24, 2.45) is 4.99 Å². The summed E-state index contributed by atoms with van der Waals surface area (Å²) < 4.78 is 1.65. The zero-order chi connectivity index (χ0) is 18.5. The second-order valence-electron chi connectivity index (χ2n) is 6.12. The minimum Gasteiger partial charge on any atom is -0.335 e. The van der Waals surface area contributed by atoms with E-state index in [1.807, 2.05) is 23.2 Å². The minimum absolute atomic E-state index is 0.0325. The van der Waals surface area contributed by atoms with Crippen LogP contribution in [-0.2, 0) is 0 Å². The number of hydrogen-bond donors (Lipinski definition) is 0. The second-order valence-corrected chi connectivity index (χ2v) is 6.12. The van der Waals surface area contributed by atoms with Gasteiger partial charge in [0.1, 0.15) is 5.69 Å². The van der Waals surface area contributed by atoms with Gasteiger partial charge in [-0.25, -0.2) is 9.67 Å². The molecule has 0 bridgehead atoms. The molecule has 2 aromatic heterocycles. The molecule has 0 saturated carbocycles. The predicted molar refractivity (Wildman–Crippen MR) is 103 cm³/mol. The summed E-state index contributed by atoms with van der Waals surface area (Å²) in [7, 11) is 2.06. The maximum atomic E-state index is 12.7. The molecule has 0 unspecified atom stereocenters. The number of aliphatic imine (C=N–C) groups is 1. The van der Waals surface area contributed by atoms with Crippen molar-refractivity contribution in [2.75, 3.05) is 33.2 Å². The van der Waals surface area contributed by atoms with Crippen LogP contribution < -0.4 is 0 Å². The van der Waals surface area contributed by atoms with E-state index in [0.29, 0.717) is 17.1 Å². The molecule has 7 nitrogen and oxygen atoms in total. The highest BCUT2D eigenvalue weighted by atomic mass is 16.2. The summed E-state index contributed by atoms with van der Waals surface area (Å²) in [6, 6.07) is 5.47. The highest BCUT2D eigenvalue weighted by Gasteiger charge is 2.21. The normalized spacial score (nSPS) is 15.7. The highest BCUT2D eigenvalue weighted by molar-refractivity contribution is 5.93. The topological polar surface area (TPSA) is 66.6 Å². The van der Waals surface area contributed by atoms with Crippen LogP contribution in [-0.4, -0.2) is 70.4 Å². The Morgan fingerprint density at radius 3 is 2.73 bits per heavy atom. The first-order valence-corrected chi connectivity index (χ1v) is 8.41. The average molecular weight is 350 g/mol. The first-order chi connectivity index (χ1) is 12.6. The summed E-state index contributed by atoms with van der Waals surface area (Å²) in [4.78, 5) is 25.1. The SMILES string of the molecule is C=C/C(=C\N=C)n1cc(-c2cccc(C(=O)N3CCN(C)CC3)n2)cn1. The van der Waals surface area contributed by atoms with Crippen molar-refractivity contribution >= 4 is 18.3 Å². The number of likely N-dealkylation sites (N-methyl/N-ethyl adjacent to an activating group) is 1. The van der Waals surface area contributed by atoms with E-state index in [-0.39, 0.29) is 5.91 Å². The molecule has 0 N–H and O–H groups in total. The quantitative estimate of drug-likeness (QED) is 0.611. The van der Waals surface area contributed by atoms with Gasteiger partial charge in [0.25, 0.3) is 5.91 Å². The fourth-order valence-electron chi connectivity index (χ4n) is 2.78. The predicted octanol–water partition coefficient (Wildman–Crippen LogP) is 2.02. The summed E-state index contributed by atoms with van der Waals surface area (Å²) in [5, 5.41) is 4.30. The molecule has 3 rings (SSSR count). The molecule has 2 aromatic rings. The van der Waals surface area contributed by atoms with E-state index in [0.717, 1.165) is 31.7 Å². The zero-order valence-corrected chi connectivity index (χ0v) is 14.9. The molecule has 26 heavy (non-hydrogen) atoms. The van der Waals surface area contributed by atoms with E-state index in [1.54, 1.807) is 29.2 Å². The number of carbonyl (C=O) groups excluding carboxylic acids is 1. The number of allylic oxidation sites excluding steroid dienone is 2. The smallest absolute Gasteiger partial charge is 0.272 e. The summed E-state index contributed by atoms with van der Waals surface area (Å²) >= 11 is 0. The van der Waals surface area contributed by atoms with Crippen LogP contribution in [0.1, 0.15) is 10.5 Å². The van der Waals surface area contributed by atoms with Crippen molar-refractivity contribution in [3.05, 3.63) is 55.1 Å². The molecule has 1 amide bonds. The first-order valence-electron chi connectivity index (χ1n) is 8.41. The standard InChI is InChI=1S/C19H22N6O/c1-4-16(13-20-2)25-14-15(12-21-25)17-6-5-7-18(22-17)19(26)24-10-8-23(3)9-11-24/h4-7,12-14H,1-2,8-11H2,3H3/b16-13+. The number of carbonyl (C=O) groups is 1. The summed E-state index contributed by atoms with van der Waals surface area (Å²) in [6.07, 6.45) is 6.74. The number of hydrogen-bond acceptors (Lipinski definition) is 5. The third-order valence-corrected chi connectivity index (χ3v) is 4.33. The Hall–Kier alpha value is -3.06. The fourth-order valence-corrected chi connectivity index (χ4v) is 2.78. The molecule has 0 spiro atoms. The highest BCUT2D eigenvalue weighted by Crippen LogP contribution is 2.19. The van der Waals surface area contributed by atoms with Gasteiger partial charge in [-0.1, -0.05) is 12.6 Å². The van der Waals surface area contributed by atoms with Crippen LogP contribution in [0, 0.1) is 0 Å². The van der Waals surface area contributed by atoms with Crippen LogP contribution in [0.2, 0.25) is 0 Å². The number of aromatic nitrogens is 3. The van der Waals surface area contributed by atoms with Gasteiger partial charge in [-0.05, 0) is 32.0 Å². The van der Waals surface area contributed by atoms with E-state index in [4.69, 9.17) is 0 Å². The number of amides is 1. The maximum absolute atomic E-state index is 12.7. The first kappa shape index (κ1) is 17.8. The van der Waals surface area contributed by atoms with Gasteiger partial charge >= 0.3 is 0 Å². The van der Waals surface area contributed by atoms with Gasteiger partial charge < -0.3 is 9.80 Å².